The highest BCUT2D eigenvalue weighted by Crippen LogP contribution is 2.14. The topological polar surface area (TPSA) is 29.3 Å². The molecule has 1 aliphatic rings. The second-order valence-corrected chi connectivity index (χ2v) is 3.63. The van der Waals surface area contributed by atoms with Crippen molar-refractivity contribution in [3.05, 3.63) is 0 Å². The summed E-state index contributed by atoms with van der Waals surface area (Å²) in [7, 11) is 0. The van der Waals surface area contributed by atoms with Crippen molar-refractivity contribution in [3.8, 4) is 0 Å². The second kappa shape index (κ2) is 3.35. The highest BCUT2D eigenvalue weighted by molar-refractivity contribution is 4.74. The molecule has 1 rings (SSSR count). The number of nitrogens with zero attached hydrogens (tertiary/aromatic N) is 1. The van der Waals surface area contributed by atoms with Crippen molar-refractivity contribution < 1.29 is 0 Å². The Hall–Kier alpha value is -0.0800. The minimum Gasteiger partial charge on any atom is -0.327 e. The van der Waals surface area contributed by atoms with Crippen LogP contribution in [0.25, 0.3) is 0 Å². The smallest absolute Gasteiger partial charge is 0.0139 e. The zero-order valence-electron chi connectivity index (χ0n) is 7.01. The highest BCUT2D eigenvalue weighted by atomic mass is 15.2. The third kappa shape index (κ3) is 2.27. The molecule has 2 unspecified atom stereocenters. The van der Waals surface area contributed by atoms with E-state index in [2.05, 4.69) is 18.7 Å². The summed E-state index contributed by atoms with van der Waals surface area (Å²) < 4.78 is 0. The van der Waals surface area contributed by atoms with Gasteiger partial charge in [0.2, 0.25) is 0 Å². The number of rotatable bonds is 2. The molecule has 0 amide bonds. The van der Waals surface area contributed by atoms with Crippen LogP contribution in [0.15, 0.2) is 0 Å². The summed E-state index contributed by atoms with van der Waals surface area (Å²) in [5, 5.41) is 0. The molecule has 0 radical (unpaired) electrons. The van der Waals surface area contributed by atoms with Crippen LogP contribution in [-0.2, 0) is 0 Å². The fourth-order valence-corrected chi connectivity index (χ4v) is 1.60. The molecule has 1 saturated heterocycles. The van der Waals surface area contributed by atoms with Gasteiger partial charge in [-0.1, -0.05) is 6.92 Å². The maximum Gasteiger partial charge on any atom is 0.0139 e. The maximum absolute atomic E-state index is 5.68. The van der Waals surface area contributed by atoms with E-state index < -0.39 is 0 Å². The molecule has 0 aromatic heterocycles. The summed E-state index contributed by atoms with van der Waals surface area (Å²) in [5.74, 6) is 0.888. The van der Waals surface area contributed by atoms with E-state index in [1.807, 2.05) is 0 Å². The molecule has 2 N–H and O–H groups in total. The van der Waals surface area contributed by atoms with Gasteiger partial charge in [0.15, 0.2) is 0 Å². The Balaban J connectivity index is 2.18. The largest absolute Gasteiger partial charge is 0.327 e. The Morgan fingerprint density at radius 2 is 2.40 bits per heavy atom. The lowest BCUT2D eigenvalue weighted by Gasteiger charge is -2.17. The molecular formula is C8H18N2. The summed E-state index contributed by atoms with van der Waals surface area (Å²) >= 11 is 0. The quantitative estimate of drug-likeness (QED) is 0.614. The predicted molar refractivity (Wildman–Crippen MR) is 43.9 cm³/mol. The first-order valence-corrected chi connectivity index (χ1v) is 4.16. The van der Waals surface area contributed by atoms with Gasteiger partial charge in [-0.05, 0) is 25.8 Å². The van der Waals surface area contributed by atoms with Crippen LogP contribution in [0.2, 0.25) is 0 Å². The highest BCUT2D eigenvalue weighted by Gasteiger charge is 2.18. The van der Waals surface area contributed by atoms with Crippen LogP contribution in [0, 0.1) is 5.92 Å². The SMILES string of the molecule is CC(N)CN1CCC(C)C1. The van der Waals surface area contributed by atoms with Gasteiger partial charge in [-0.25, -0.2) is 0 Å². The first kappa shape index (κ1) is 8.02. The molecule has 2 nitrogen and oxygen atoms in total. The third-order valence-corrected chi connectivity index (χ3v) is 2.05. The van der Waals surface area contributed by atoms with Crippen molar-refractivity contribution in [1.82, 2.24) is 4.90 Å². The van der Waals surface area contributed by atoms with Gasteiger partial charge >= 0.3 is 0 Å². The monoisotopic (exact) mass is 142 g/mol. The molecule has 0 aromatic rings. The van der Waals surface area contributed by atoms with Crippen molar-refractivity contribution in [2.45, 2.75) is 26.3 Å². The molecule has 2 atom stereocenters. The van der Waals surface area contributed by atoms with E-state index in [0.29, 0.717) is 6.04 Å². The molecule has 1 aliphatic heterocycles. The zero-order valence-corrected chi connectivity index (χ0v) is 7.01. The van der Waals surface area contributed by atoms with Gasteiger partial charge in [-0.3, -0.25) is 0 Å². The number of hydrogen-bond acceptors (Lipinski definition) is 2. The fraction of sp³-hybridized carbons (Fsp3) is 1.00. The van der Waals surface area contributed by atoms with Crippen molar-refractivity contribution in [3.63, 3.8) is 0 Å². The Labute approximate surface area is 63.4 Å². The Kier molecular flexibility index (Phi) is 2.69. The van der Waals surface area contributed by atoms with Crippen LogP contribution in [0.3, 0.4) is 0 Å². The molecule has 0 aliphatic carbocycles. The average molecular weight is 142 g/mol. The average Bonchev–Trinajstić information content (AvgIpc) is 2.13. The van der Waals surface area contributed by atoms with Crippen LogP contribution in [0.4, 0.5) is 0 Å². The van der Waals surface area contributed by atoms with Crippen LogP contribution < -0.4 is 5.73 Å². The van der Waals surface area contributed by atoms with Gasteiger partial charge in [0, 0.05) is 19.1 Å². The molecule has 2 heteroatoms. The Morgan fingerprint density at radius 1 is 1.70 bits per heavy atom. The lowest BCUT2D eigenvalue weighted by atomic mass is 10.2. The number of hydrogen-bond donors (Lipinski definition) is 1. The summed E-state index contributed by atoms with van der Waals surface area (Å²) in [6, 6.07) is 0.338. The molecule has 10 heavy (non-hydrogen) atoms. The first-order chi connectivity index (χ1) is 4.68. The zero-order chi connectivity index (χ0) is 7.56. The van der Waals surface area contributed by atoms with E-state index in [1.54, 1.807) is 0 Å². The van der Waals surface area contributed by atoms with E-state index in [9.17, 15) is 0 Å². The van der Waals surface area contributed by atoms with E-state index in [0.717, 1.165) is 12.5 Å². The normalized spacial score (nSPS) is 30.9. The van der Waals surface area contributed by atoms with E-state index in [1.165, 1.54) is 19.5 Å². The van der Waals surface area contributed by atoms with Gasteiger partial charge in [0.25, 0.3) is 0 Å². The van der Waals surface area contributed by atoms with Gasteiger partial charge < -0.3 is 10.6 Å². The van der Waals surface area contributed by atoms with Crippen molar-refractivity contribution in [2.24, 2.45) is 11.7 Å². The van der Waals surface area contributed by atoms with Crippen molar-refractivity contribution in [1.29, 1.82) is 0 Å². The fourth-order valence-electron chi connectivity index (χ4n) is 1.60. The molecule has 1 heterocycles. The van der Waals surface area contributed by atoms with Gasteiger partial charge in [0.1, 0.15) is 0 Å². The first-order valence-electron chi connectivity index (χ1n) is 4.16. The molecular weight excluding hydrogens is 124 g/mol. The van der Waals surface area contributed by atoms with Gasteiger partial charge in [-0.2, -0.15) is 0 Å². The van der Waals surface area contributed by atoms with E-state index in [-0.39, 0.29) is 0 Å². The van der Waals surface area contributed by atoms with Gasteiger partial charge in [-0.15, -0.1) is 0 Å². The van der Waals surface area contributed by atoms with Crippen LogP contribution in [0.1, 0.15) is 20.3 Å². The molecule has 60 valence electrons. The van der Waals surface area contributed by atoms with Gasteiger partial charge in [0.05, 0.1) is 0 Å². The van der Waals surface area contributed by atoms with Crippen LogP contribution >= 0.6 is 0 Å². The molecule has 0 spiro atoms. The van der Waals surface area contributed by atoms with Crippen molar-refractivity contribution >= 4 is 0 Å². The summed E-state index contributed by atoms with van der Waals surface area (Å²) in [5.41, 5.74) is 5.68. The summed E-state index contributed by atoms with van der Waals surface area (Å²) in [6.07, 6.45) is 1.35. The van der Waals surface area contributed by atoms with Crippen LogP contribution in [-0.4, -0.2) is 30.6 Å². The van der Waals surface area contributed by atoms with Crippen LogP contribution in [0.5, 0.6) is 0 Å². The Morgan fingerprint density at radius 3 is 2.80 bits per heavy atom. The molecule has 0 bridgehead atoms. The summed E-state index contributed by atoms with van der Waals surface area (Å²) in [6.45, 7) is 7.96. The number of nitrogens with two attached hydrogens (primary N) is 1. The second-order valence-electron chi connectivity index (χ2n) is 3.63. The predicted octanol–water partition coefficient (Wildman–Crippen LogP) is 0.675. The maximum atomic E-state index is 5.68. The number of likely N-dealkylation sites (tertiary alicyclic amines) is 1. The van der Waals surface area contributed by atoms with E-state index in [4.69, 9.17) is 5.73 Å². The minimum atomic E-state index is 0.338. The third-order valence-electron chi connectivity index (χ3n) is 2.05. The Bertz CT molecular complexity index is 101. The standard InChI is InChI=1S/C8H18N2/c1-7-3-4-10(5-7)6-8(2)9/h7-8H,3-6,9H2,1-2H3. The molecule has 0 aromatic carbocycles. The van der Waals surface area contributed by atoms with Crippen molar-refractivity contribution in [2.75, 3.05) is 19.6 Å². The minimum absolute atomic E-state index is 0.338. The lowest BCUT2D eigenvalue weighted by molar-refractivity contribution is 0.311. The molecule has 0 saturated carbocycles. The lowest BCUT2D eigenvalue weighted by Crippen LogP contribution is -2.33. The molecule has 1 fully saturated rings. The summed E-state index contributed by atoms with van der Waals surface area (Å²) in [4.78, 5) is 2.45. The van der Waals surface area contributed by atoms with E-state index >= 15 is 0 Å².